The van der Waals surface area contributed by atoms with Gasteiger partial charge in [-0.2, -0.15) is 15.3 Å². The molecule has 0 bridgehead atoms. The zero-order chi connectivity index (χ0) is 19.9. The molecular weight excluding hydrogens is 364 g/mol. The second-order valence-corrected chi connectivity index (χ2v) is 6.02. The number of hydrogen-bond acceptors (Lipinski definition) is 7. The number of para-hydroxylation sites is 3. The Bertz CT molecular complexity index is 1140. The topological polar surface area (TPSA) is 95.8 Å². The van der Waals surface area contributed by atoms with E-state index in [4.69, 9.17) is 10.00 Å². The Morgan fingerprint density at radius 3 is 2.38 bits per heavy atom. The van der Waals surface area contributed by atoms with Crippen LogP contribution in [0.25, 0.3) is 0 Å². The van der Waals surface area contributed by atoms with Gasteiger partial charge in [-0.15, -0.1) is 5.10 Å². The second kappa shape index (κ2) is 8.50. The van der Waals surface area contributed by atoms with Crippen molar-refractivity contribution in [3.63, 3.8) is 0 Å². The fraction of sp³-hybridized carbons (Fsp3) is 0. The van der Waals surface area contributed by atoms with E-state index in [-0.39, 0.29) is 0 Å². The maximum absolute atomic E-state index is 8.89. The van der Waals surface area contributed by atoms with Gasteiger partial charge < -0.3 is 15.4 Å². The first-order chi connectivity index (χ1) is 14.3. The van der Waals surface area contributed by atoms with Crippen molar-refractivity contribution in [1.82, 2.24) is 15.2 Å². The molecule has 0 unspecified atom stereocenters. The number of ether oxygens (including phenoxy) is 1. The zero-order valence-electron chi connectivity index (χ0n) is 15.3. The van der Waals surface area contributed by atoms with Crippen molar-refractivity contribution in [3.8, 4) is 17.6 Å². The Kier molecular flexibility index (Phi) is 5.26. The van der Waals surface area contributed by atoms with Crippen molar-refractivity contribution in [1.29, 1.82) is 5.26 Å². The van der Waals surface area contributed by atoms with E-state index in [0.717, 1.165) is 11.4 Å². The summed E-state index contributed by atoms with van der Waals surface area (Å²) in [7, 11) is 0. The van der Waals surface area contributed by atoms with Crippen LogP contribution in [0.3, 0.4) is 0 Å². The molecule has 140 valence electrons. The van der Waals surface area contributed by atoms with Gasteiger partial charge in [0.2, 0.25) is 5.95 Å². The van der Waals surface area contributed by atoms with Crippen LogP contribution in [0.5, 0.6) is 11.5 Å². The molecule has 4 aromatic rings. The molecule has 0 saturated carbocycles. The highest BCUT2D eigenvalue weighted by atomic mass is 16.5. The molecule has 0 saturated heterocycles. The van der Waals surface area contributed by atoms with Gasteiger partial charge in [0.05, 0.1) is 23.5 Å². The molecule has 0 amide bonds. The van der Waals surface area contributed by atoms with Gasteiger partial charge in [-0.25, -0.2) is 0 Å². The molecule has 0 atom stereocenters. The highest BCUT2D eigenvalue weighted by molar-refractivity contribution is 5.64. The molecule has 3 aromatic carbocycles. The number of nitriles is 1. The average Bonchev–Trinajstić information content (AvgIpc) is 2.77. The normalized spacial score (nSPS) is 10.0. The van der Waals surface area contributed by atoms with Crippen molar-refractivity contribution in [2.45, 2.75) is 0 Å². The number of hydrogen-bond donors (Lipinski definition) is 2. The highest BCUT2D eigenvalue weighted by Gasteiger charge is 2.08. The minimum atomic E-state index is 0.327. The van der Waals surface area contributed by atoms with E-state index in [9.17, 15) is 0 Å². The summed E-state index contributed by atoms with van der Waals surface area (Å²) >= 11 is 0. The number of rotatable bonds is 6. The summed E-state index contributed by atoms with van der Waals surface area (Å²) in [6, 6.07) is 26.2. The first-order valence-electron chi connectivity index (χ1n) is 8.86. The molecule has 7 nitrogen and oxygen atoms in total. The lowest BCUT2D eigenvalue weighted by atomic mass is 10.2. The molecule has 29 heavy (non-hydrogen) atoms. The number of nitrogens with zero attached hydrogens (tertiary/aromatic N) is 4. The first kappa shape index (κ1) is 17.9. The van der Waals surface area contributed by atoms with Crippen molar-refractivity contribution in [2.24, 2.45) is 0 Å². The Hall–Kier alpha value is -4.44. The maximum Gasteiger partial charge on any atom is 0.249 e. The Morgan fingerprint density at radius 1 is 0.828 bits per heavy atom. The van der Waals surface area contributed by atoms with E-state index in [1.807, 2.05) is 54.6 Å². The molecule has 0 radical (unpaired) electrons. The van der Waals surface area contributed by atoms with Crippen molar-refractivity contribution >= 4 is 23.1 Å². The average molecular weight is 380 g/mol. The molecule has 4 rings (SSSR count). The molecule has 7 heteroatoms. The van der Waals surface area contributed by atoms with Crippen LogP contribution in [0.15, 0.2) is 85.1 Å². The molecule has 0 aliphatic heterocycles. The van der Waals surface area contributed by atoms with Crippen LogP contribution in [0.1, 0.15) is 5.56 Å². The third kappa shape index (κ3) is 4.64. The quantitative estimate of drug-likeness (QED) is 0.485. The van der Waals surface area contributed by atoms with Crippen LogP contribution in [0, 0.1) is 11.3 Å². The number of aromatic nitrogens is 3. The summed E-state index contributed by atoms with van der Waals surface area (Å²) < 4.78 is 5.95. The molecule has 0 aliphatic rings. The summed E-state index contributed by atoms with van der Waals surface area (Å²) in [5.41, 5.74) is 2.10. The van der Waals surface area contributed by atoms with Gasteiger partial charge in [0.15, 0.2) is 11.6 Å². The van der Waals surface area contributed by atoms with Crippen LogP contribution < -0.4 is 15.4 Å². The van der Waals surface area contributed by atoms with Gasteiger partial charge in [-0.3, -0.25) is 0 Å². The minimum absolute atomic E-state index is 0.327. The standard InChI is InChI=1S/C22H16N6O/c23-14-16-10-12-17(13-11-16)25-21-15-24-28-22(27-21)26-19-8-4-5-9-20(19)29-18-6-2-1-3-7-18/h1-13,15H,(H2,25,26,27,28). The SMILES string of the molecule is N#Cc1ccc(Nc2cnnc(Nc3ccccc3Oc3ccccc3)n2)cc1. The van der Waals surface area contributed by atoms with E-state index in [1.54, 1.807) is 24.3 Å². The third-order valence-corrected chi connectivity index (χ3v) is 3.95. The van der Waals surface area contributed by atoms with E-state index >= 15 is 0 Å². The third-order valence-electron chi connectivity index (χ3n) is 3.95. The smallest absolute Gasteiger partial charge is 0.249 e. The van der Waals surface area contributed by atoms with Gasteiger partial charge in [0, 0.05) is 5.69 Å². The van der Waals surface area contributed by atoms with Crippen molar-refractivity contribution in [2.75, 3.05) is 10.6 Å². The van der Waals surface area contributed by atoms with Gasteiger partial charge >= 0.3 is 0 Å². The maximum atomic E-state index is 8.89. The van der Waals surface area contributed by atoms with Gasteiger partial charge in [0.1, 0.15) is 5.75 Å². The van der Waals surface area contributed by atoms with Crippen LogP contribution in [0.4, 0.5) is 23.1 Å². The van der Waals surface area contributed by atoms with Gasteiger partial charge in [-0.05, 0) is 48.5 Å². The lowest BCUT2D eigenvalue weighted by Gasteiger charge is -2.12. The molecule has 0 aliphatic carbocycles. The Labute approximate surface area is 167 Å². The first-order valence-corrected chi connectivity index (χ1v) is 8.86. The van der Waals surface area contributed by atoms with E-state index < -0.39 is 0 Å². The lowest BCUT2D eigenvalue weighted by molar-refractivity contribution is 0.485. The van der Waals surface area contributed by atoms with Gasteiger partial charge in [0.25, 0.3) is 0 Å². The summed E-state index contributed by atoms with van der Waals surface area (Å²) in [4.78, 5) is 4.44. The molecule has 0 fully saturated rings. The Morgan fingerprint density at radius 2 is 1.59 bits per heavy atom. The molecule has 1 aromatic heterocycles. The summed E-state index contributed by atoms with van der Waals surface area (Å²) in [6.45, 7) is 0. The van der Waals surface area contributed by atoms with Gasteiger partial charge in [-0.1, -0.05) is 30.3 Å². The van der Waals surface area contributed by atoms with Crippen LogP contribution in [0.2, 0.25) is 0 Å². The number of nitrogens with one attached hydrogen (secondary N) is 2. The Balaban J connectivity index is 1.51. The summed E-state index contributed by atoms with van der Waals surface area (Å²) in [5.74, 6) is 2.23. The monoisotopic (exact) mass is 380 g/mol. The lowest BCUT2D eigenvalue weighted by Crippen LogP contribution is -2.03. The molecular formula is C22H16N6O. The van der Waals surface area contributed by atoms with E-state index in [0.29, 0.717) is 28.8 Å². The predicted molar refractivity (Wildman–Crippen MR) is 111 cm³/mol. The van der Waals surface area contributed by atoms with Crippen molar-refractivity contribution in [3.05, 3.63) is 90.6 Å². The molecule has 0 spiro atoms. The van der Waals surface area contributed by atoms with E-state index in [2.05, 4.69) is 31.9 Å². The second-order valence-electron chi connectivity index (χ2n) is 6.02. The van der Waals surface area contributed by atoms with Crippen LogP contribution >= 0.6 is 0 Å². The predicted octanol–water partition coefficient (Wildman–Crippen LogP) is 5.02. The van der Waals surface area contributed by atoms with Crippen LogP contribution in [-0.4, -0.2) is 15.2 Å². The van der Waals surface area contributed by atoms with Crippen molar-refractivity contribution < 1.29 is 4.74 Å². The number of anilines is 4. The number of benzene rings is 3. The summed E-state index contributed by atoms with van der Waals surface area (Å²) in [6.07, 6.45) is 1.52. The zero-order valence-corrected chi connectivity index (χ0v) is 15.3. The minimum Gasteiger partial charge on any atom is -0.455 e. The molecule has 1 heterocycles. The van der Waals surface area contributed by atoms with E-state index in [1.165, 1.54) is 6.20 Å². The fourth-order valence-corrected chi connectivity index (χ4v) is 2.59. The highest BCUT2D eigenvalue weighted by Crippen LogP contribution is 2.30. The summed E-state index contributed by atoms with van der Waals surface area (Å²) in [5, 5.41) is 23.2. The molecule has 2 N–H and O–H groups in total. The largest absolute Gasteiger partial charge is 0.455 e. The fourth-order valence-electron chi connectivity index (χ4n) is 2.59. The van der Waals surface area contributed by atoms with Crippen LogP contribution in [-0.2, 0) is 0 Å².